The Bertz CT molecular complexity index is 1140. The van der Waals surface area contributed by atoms with E-state index in [0.29, 0.717) is 34.3 Å². The number of carbonyl (C=O) groups excluding carboxylic acids is 1. The van der Waals surface area contributed by atoms with Crippen molar-refractivity contribution in [3.8, 4) is 17.1 Å². The molecule has 140 valence electrons. The molecule has 0 fully saturated rings. The standard InChI is InChI=1S/C22H17FN2O3/c1-27-20-5-3-2-4-16(20)13-24-22(26)15-8-11-19-18(12-15)21(28-25-19)14-6-9-17(23)10-7-14/h2-12H,13H2,1H3,(H,24,26). The maximum absolute atomic E-state index is 13.2. The molecule has 5 nitrogen and oxygen atoms in total. The fourth-order valence-electron chi connectivity index (χ4n) is 3.02. The first-order chi connectivity index (χ1) is 13.7. The monoisotopic (exact) mass is 376 g/mol. The number of halogens is 1. The first-order valence-electron chi connectivity index (χ1n) is 8.71. The number of hydrogen-bond donors (Lipinski definition) is 1. The van der Waals surface area contributed by atoms with Gasteiger partial charge in [-0.3, -0.25) is 4.79 Å². The Morgan fingerprint density at radius 1 is 1.11 bits per heavy atom. The van der Waals surface area contributed by atoms with Crippen molar-refractivity contribution in [2.24, 2.45) is 0 Å². The number of nitrogens with one attached hydrogen (secondary N) is 1. The lowest BCUT2D eigenvalue weighted by Crippen LogP contribution is -2.23. The van der Waals surface area contributed by atoms with Crippen LogP contribution < -0.4 is 10.1 Å². The smallest absolute Gasteiger partial charge is 0.251 e. The van der Waals surface area contributed by atoms with Gasteiger partial charge in [0.2, 0.25) is 0 Å². The third-order valence-electron chi connectivity index (χ3n) is 4.48. The van der Waals surface area contributed by atoms with E-state index in [-0.39, 0.29) is 11.7 Å². The van der Waals surface area contributed by atoms with Crippen LogP contribution in [0.1, 0.15) is 15.9 Å². The molecule has 0 aliphatic rings. The third kappa shape index (κ3) is 3.44. The SMILES string of the molecule is COc1ccccc1CNC(=O)c1ccc2noc(-c3ccc(F)cc3)c2c1. The summed E-state index contributed by atoms with van der Waals surface area (Å²) in [5, 5.41) is 7.60. The minimum Gasteiger partial charge on any atom is -0.496 e. The largest absolute Gasteiger partial charge is 0.496 e. The molecule has 0 spiro atoms. The van der Waals surface area contributed by atoms with Gasteiger partial charge in [0.25, 0.3) is 5.91 Å². The summed E-state index contributed by atoms with van der Waals surface area (Å²) in [6, 6.07) is 18.6. The van der Waals surface area contributed by atoms with Gasteiger partial charge in [-0.1, -0.05) is 23.4 Å². The summed E-state index contributed by atoms with van der Waals surface area (Å²) < 4.78 is 23.9. The fourth-order valence-corrected chi connectivity index (χ4v) is 3.02. The van der Waals surface area contributed by atoms with Crippen molar-refractivity contribution >= 4 is 16.8 Å². The maximum atomic E-state index is 13.2. The minimum absolute atomic E-state index is 0.223. The topological polar surface area (TPSA) is 64.4 Å². The van der Waals surface area contributed by atoms with Gasteiger partial charge in [0.05, 0.1) is 12.5 Å². The molecule has 1 aromatic heterocycles. The molecule has 4 rings (SSSR count). The molecule has 4 aromatic rings. The first-order valence-corrected chi connectivity index (χ1v) is 8.71. The van der Waals surface area contributed by atoms with E-state index < -0.39 is 0 Å². The Kier molecular flexibility index (Phi) is 4.76. The van der Waals surface area contributed by atoms with E-state index in [9.17, 15) is 9.18 Å². The van der Waals surface area contributed by atoms with Crippen LogP contribution in [0.25, 0.3) is 22.2 Å². The summed E-state index contributed by atoms with van der Waals surface area (Å²) in [4.78, 5) is 12.6. The normalized spacial score (nSPS) is 10.8. The predicted molar refractivity (Wildman–Crippen MR) is 104 cm³/mol. The Balaban J connectivity index is 1.59. The van der Waals surface area contributed by atoms with Gasteiger partial charge in [0.1, 0.15) is 17.1 Å². The van der Waals surface area contributed by atoms with Crippen LogP contribution in [-0.4, -0.2) is 18.2 Å². The van der Waals surface area contributed by atoms with Gasteiger partial charge in [-0.15, -0.1) is 0 Å². The van der Waals surface area contributed by atoms with Crippen molar-refractivity contribution in [1.29, 1.82) is 0 Å². The summed E-state index contributed by atoms with van der Waals surface area (Å²) in [6.45, 7) is 0.343. The second kappa shape index (κ2) is 7.52. The van der Waals surface area contributed by atoms with E-state index in [1.807, 2.05) is 24.3 Å². The van der Waals surface area contributed by atoms with Crippen molar-refractivity contribution in [3.05, 3.63) is 83.7 Å². The van der Waals surface area contributed by atoms with Crippen molar-refractivity contribution in [3.63, 3.8) is 0 Å². The van der Waals surface area contributed by atoms with E-state index in [2.05, 4.69) is 10.5 Å². The number of ether oxygens (including phenoxy) is 1. The number of hydrogen-bond acceptors (Lipinski definition) is 4. The number of amides is 1. The fraction of sp³-hybridized carbons (Fsp3) is 0.0909. The lowest BCUT2D eigenvalue weighted by molar-refractivity contribution is 0.0951. The van der Waals surface area contributed by atoms with Crippen LogP contribution in [0.3, 0.4) is 0 Å². The van der Waals surface area contributed by atoms with Crippen LogP contribution in [0, 0.1) is 5.82 Å². The Hall–Kier alpha value is -3.67. The lowest BCUT2D eigenvalue weighted by atomic mass is 10.1. The van der Waals surface area contributed by atoms with Crippen molar-refractivity contribution in [2.75, 3.05) is 7.11 Å². The molecule has 0 saturated heterocycles. The molecule has 6 heteroatoms. The number of rotatable bonds is 5. The summed E-state index contributed by atoms with van der Waals surface area (Å²) in [5.74, 6) is 0.660. The van der Waals surface area contributed by atoms with E-state index >= 15 is 0 Å². The molecule has 1 N–H and O–H groups in total. The quantitative estimate of drug-likeness (QED) is 0.554. The number of carbonyl (C=O) groups is 1. The highest BCUT2D eigenvalue weighted by Gasteiger charge is 2.14. The molecule has 0 unspecified atom stereocenters. The van der Waals surface area contributed by atoms with Gasteiger partial charge in [0.15, 0.2) is 5.76 Å². The van der Waals surface area contributed by atoms with Crippen LogP contribution >= 0.6 is 0 Å². The molecule has 0 atom stereocenters. The second-order valence-electron chi connectivity index (χ2n) is 6.25. The molecule has 0 aliphatic carbocycles. The van der Waals surface area contributed by atoms with Gasteiger partial charge in [-0.2, -0.15) is 0 Å². The van der Waals surface area contributed by atoms with Crippen molar-refractivity contribution in [1.82, 2.24) is 10.5 Å². The van der Waals surface area contributed by atoms with Gasteiger partial charge in [-0.25, -0.2) is 4.39 Å². The zero-order chi connectivity index (χ0) is 19.5. The first kappa shape index (κ1) is 17.7. The average molecular weight is 376 g/mol. The lowest BCUT2D eigenvalue weighted by Gasteiger charge is -2.09. The van der Waals surface area contributed by atoms with Gasteiger partial charge in [0, 0.05) is 23.2 Å². The van der Waals surface area contributed by atoms with Crippen LogP contribution in [0.4, 0.5) is 4.39 Å². The van der Waals surface area contributed by atoms with E-state index in [1.165, 1.54) is 12.1 Å². The molecule has 0 bridgehead atoms. The van der Waals surface area contributed by atoms with Crippen LogP contribution in [-0.2, 0) is 6.54 Å². The Labute approximate surface area is 160 Å². The van der Waals surface area contributed by atoms with Gasteiger partial charge < -0.3 is 14.6 Å². The minimum atomic E-state index is -0.330. The molecular formula is C22H17FN2O3. The zero-order valence-electron chi connectivity index (χ0n) is 15.1. The summed E-state index contributed by atoms with van der Waals surface area (Å²) in [5.41, 5.74) is 2.68. The molecular weight excluding hydrogens is 359 g/mol. The highest BCUT2D eigenvalue weighted by molar-refractivity contribution is 6.00. The number of methoxy groups -OCH3 is 1. The zero-order valence-corrected chi connectivity index (χ0v) is 15.1. The predicted octanol–water partition coefficient (Wildman–Crippen LogP) is 4.57. The van der Waals surface area contributed by atoms with Gasteiger partial charge in [-0.05, 0) is 48.5 Å². The van der Waals surface area contributed by atoms with Crippen molar-refractivity contribution < 1.29 is 18.4 Å². The number of fused-ring (bicyclic) bond motifs is 1. The van der Waals surface area contributed by atoms with Crippen LogP contribution in [0.15, 0.2) is 71.3 Å². The van der Waals surface area contributed by atoms with E-state index in [4.69, 9.17) is 9.26 Å². The summed E-state index contributed by atoms with van der Waals surface area (Å²) in [7, 11) is 1.59. The molecule has 0 radical (unpaired) electrons. The summed E-state index contributed by atoms with van der Waals surface area (Å²) >= 11 is 0. The third-order valence-corrected chi connectivity index (χ3v) is 4.48. The molecule has 28 heavy (non-hydrogen) atoms. The summed E-state index contributed by atoms with van der Waals surface area (Å²) in [6.07, 6.45) is 0. The molecule has 0 aliphatic heterocycles. The molecule has 1 heterocycles. The van der Waals surface area contributed by atoms with E-state index in [0.717, 1.165) is 11.3 Å². The Morgan fingerprint density at radius 3 is 2.68 bits per heavy atom. The number of aromatic nitrogens is 1. The molecule has 1 amide bonds. The number of benzene rings is 3. The average Bonchev–Trinajstić information content (AvgIpc) is 3.16. The van der Waals surface area contributed by atoms with Gasteiger partial charge >= 0.3 is 0 Å². The van der Waals surface area contributed by atoms with Crippen LogP contribution in [0.2, 0.25) is 0 Å². The molecule has 0 saturated carbocycles. The number of para-hydroxylation sites is 1. The highest BCUT2D eigenvalue weighted by Crippen LogP contribution is 2.29. The maximum Gasteiger partial charge on any atom is 0.251 e. The Morgan fingerprint density at radius 2 is 1.89 bits per heavy atom. The highest BCUT2D eigenvalue weighted by atomic mass is 19.1. The van der Waals surface area contributed by atoms with Crippen LogP contribution in [0.5, 0.6) is 5.75 Å². The molecule has 3 aromatic carbocycles. The number of nitrogens with zero attached hydrogens (tertiary/aromatic N) is 1. The van der Waals surface area contributed by atoms with E-state index in [1.54, 1.807) is 37.4 Å². The van der Waals surface area contributed by atoms with Crippen molar-refractivity contribution in [2.45, 2.75) is 6.54 Å². The second-order valence-corrected chi connectivity index (χ2v) is 6.25.